The molecule has 0 saturated carbocycles. The number of carbonyl (C=O) groups is 1. The zero-order valence-corrected chi connectivity index (χ0v) is 11.1. The van der Waals surface area contributed by atoms with Gasteiger partial charge in [0, 0.05) is 6.04 Å². The maximum atomic E-state index is 11.5. The Morgan fingerprint density at radius 2 is 1.67 bits per heavy atom. The highest BCUT2D eigenvalue weighted by molar-refractivity contribution is 5.68. The van der Waals surface area contributed by atoms with Crippen molar-refractivity contribution in [3.8, 4) is 0 Å². The van der Waals surface area contributed by atoms with Crippen LogP contribution >= 0.6 is 0 Å². The van der Waals surface area contributed by atoms with Crippen LogP contribution in [-0.2, 0) is 4.74 Å². The number of carbonyl (C=O) groups excluding carboxylic acids is 1. The Morgan fingerprint density at radius 1 is 1.20 bits per heavy atom. The first-order valence-corrected chi connectivity index (χ1v) is 5.56. The second-order valence-corrected chi connectivity index (χ2v) is 5.97. The first-order chi connectivity index (χ1) is 6.56. The van der Waals surface area contributed by atoms with Gasteiger partial charge in [-0.05, 0) is 32.6 Å². The van der Waals surface area contributed by atoms with Gasteiger partial charge in [-0.2, -0.15) is 0 Å². The highest BCUT2D eigenvalue weighted by Crippen LogP contribution is 2.22. The molecule has 0 heterocycles. The van der Waals surface area contributed by atoms with Gasteiger partial charge in [-0.25, -0.2) is 4.79 Å². The fourth-order valence-electron chi connectivity index (χ4n) is 1.38. The molecule has 3 nitrogen and oxygen atoms in total. The summed E-state index contributed by atoms with van der Waals surface area (Å²) in [4.78, 5) is 11.5. The van der Waals surface area contributed by atoms with Gasteiger partial charge >= 0.3 is 6.09 Å². The van der Waals surface area contributed by atoms with E-state index >= 15 is 0 Å². The van der Waals surface area contributed by atoms with Crippen molar-refractivity contribution in [3.63, 3.8) is 0 Å². The number of alkyl carbamates (subject to hydrolysis) is 1. The lowest BCUT2D eigenvalue weighted by Gasteiger charge is -2.31. The Hall–Kier alpha value is -0.730. The maximum Gasteiger partial charge on any atom is 0.407 e. The molecular formula is C12H25NO2. The third-order valence-electron chi connectivity index (χ3n) is 2.14. The Kier molecular flexibility index (Phi) is 4.63. The van der Waals surface area contributed by atoms with E-state index in [1.165, 1.54) is 0 Å². The van der Waals surface area contributed by atoms with Crippen LogP contribution in [0.4, 0.5) is 4.79 Å². The molecule has 1 N–H and O–H groups in total. The fraction of sp³-hybridized carbons (Fsp3) is 0.917. The summed E-state index contributed by atoms with van der Waals surface area (Å²) in [5, 5.41) is 2.90. The number of nitrogens with one attached hydrogen (secondary N) is 1. The van der Waals surface area contributed by atoms with Crippen molar-refractivity contribution in [2.45, 2.75) is 66.5 Å². The largest absolute Gasteiger partial charge is 0.444 e. The Balaban J connectivity index is 4.27. The first kappa shape index (κ1) is 14.3. The van der Waals surface area contributed by atoms with Gasteiger partial charge in [0.25, 0.3) is 0 Å². The molecule has 15 heavy (non-hydrogen) atoms. The summed E-state index contributed by atoms with van der Waals surface area (Å²) in [5.41, 5.74) is -0.369. The summed E-state index contributed by atoms with van der Waals surface area (Å²) in [5.74, 6) is 0. The number of hydrogen-bond donors (Lipinski definition) is 1. The van der Waals surface area contributed by atoms with Crippen LogP contribution in [0.5, 0.6) is 0 Å². The molecule has 90 valence electrons. The van der Waals surface area contributed by atoms with Gasteiger partial charge in [-0.15, -0.1) is 0 Å². The summed E-state index contributed by atoms with van der Waals surface area (Å²) < 4.78 is 5.22. The summed E-state index contributed by atoms with van der Waals surface area (Å²) in [6, 6.07) is 0.146. The van der Waals surface area contributed by atoms with Gasteiger partial charge in [0.15, 0.2) is 0 Å². The van der Waals surface area contributed by atoms with Crippen molar-refractivity contribution >= 4 is 6.09 Å². The van der Waals surface area contributed by atoms with Crippen LogP contribution in [-0.4, -0.2) is 17.7 Å². The molecule has 0 spiro atoms. The lowest BCUT2D eigenvalue weighted by Crippen LogP contribution is -2.45. The second-order valence-electron chi connectivity index (χ2n) is 5.97. The molecule has 0 aliphatic heterocycles. The minimum Gasteiger partial charge on any atom is -0.444 e. The van der Waals surface area contributed by atoms with Crippen LogP contribution in [0.2, 0.25) is 0 Å². The van der Waals surface area contributed by atoms with Crippen molar-refractivity contribution in [1.29, 1.82) is 0 Å². The van der Waals surface area contributed by atoms with Crippen LogP contribution < -0.4 is 5.32 Å². The second kappa shape index (κ2) is 4.86. The standard InChI is InChI=1S/C12H25NO2/c1-8-9(11(2,3)4)13-10(14)15-12(5,6)7/h9H,8H2,1-7H3,(H,13,14)/t9-/m1/s1. The van der Waals surface area contributed by atoms with Gasteiger partial charge in [-0.1, -0.05) is 27.7 Å². The normalized spacial score (nSPS) is 14.6. The molecule has 0 bridgehead atoms. The molecule has 0 radical (unpaired) electrons. The van der Waals surface area contributed by atoms with Crippen molar-refractivity contribution in [2.75, 3.05) is 0 Å². The van der Waals surface area contributed by atoms with Gasteiger partial charge < -0.3 is 10.1 Å². The predicted octanol–water partition coefficient (Wildman–Crippen LogP) is 3.34. The maximum absolute atomic E-state index is 11.5. The molecule has 0 rings (SSSR count). The molecule has 0 fully saturated rings. The molecule has 0 aromatic carbocycles. The van der Waals surface area contributed by atoms with E-state index < -0.39 is 5.60 Å². The van der Waals surface area contributed by atoms with Gasteiger partial charge in [0.2, 0.25) is 0 Å². The number of amides is 1. The topological polar surface area (TPSA) is 38.3 Å². The molecule has 0 aromatic rings. The molecule has 0 saturated heterocycles. The number of ether oxygens (including phenoxy) is 1. The van der Waals surface area contributed by atoms with Gasteiger partial charge in [0.05, 0.1) is 0 Å². The van der Waals surface area contributed by atoms with Crippen molar-refractivity contribution in [2.24, 2.45) is 5.41 Å². The molecule has 1 atom stereocenters. The third kappa shape index (κ3) is 6.37. The average molecular weight is 215 g/mol. The van der Waals surface area contributed by atoms with Gasteiger partial charge in [0.1, 0.15) is 5.60 Å². The van der Waals surface area contributed by atoms with E-state index in [4.69, 9.17) is 4.74 Å². The molecule has 0 aliphatic rings. The first-order valence-electron chi connectivity index (χ1n) is 5.56. The Labute approximate surface area is 93.6 Å². The zero-order chi connectivity index (χ0) is 12.3. The molecule has 3 heteroatoms. The summed E-state index contributed by atoms with van der Waals surface area (Å²) in [6.07, 6.45) is 0.576. The van der Waals surface area contributed by atoms with E-state index in [1.54, 1.807) is 0 Å². The number of rotatable bonds is 2. The summed E-state index contributed by atoms with van der Waals surface area (Å²) in [6.45, 7) is 14.0. The van der Waals surface area contributed by atoms with E-state index in [0.29, 0.717) is 0 Å². The van der Waals surface area contributed by atoms with Crippen molar-refractivity contribution in [3.05, 3.63) is 0 Å². The van der Waals surface area contributed by atoms with E-state index in [-0.39, 0.29) is 17.6 Å². The van der Waals surface area contributed by atoms with E-state index in [9.17, 15) is 4.79 Å². The zero-order valence-electron chi connectivity index (χ0n) is 11.1. The van der Waals surface area contributed by atoms with E-state index in [2.05, 4.69) is 33.0 Å². The fourth-order valence-corrected chi connectivity index (χ4v) is 1.38. The van der Waals surface area contributed by atoms with Crippen molar-refractivity contribution in [1.82, 2.24) is 5.32 Å². The molecule has 0 aromatic heterocycles. The smallest absolute Gasteiger partial charge is 0.407 e. The molecule has 0 aliphatic carbocycles. The minimum absolute atomic E-state index is 0.0612. The van der Waals surface area contributed by atoms with Crippen LogP contribution in [0.1, 0.15) is 54.9 Å². The quantitative estimate of drug-likeness (QED) is 0.767. The van der Waals surface area contributed by atoms with Crippen molar-refractivity contribution < 1.29 is 9.53 Å². The molecular weight excluding hydrogens is 190 g/mol. The predicted molar refractivity (Wildman–Crippen MR) is 62.9 cm³/mol. The minimum atomic E-state index is -0.430. The summed E-state index contributed by atoms with van der Waals surface area (Å²) >= 11 is 0. The summed E-state index contributed by atoms with van der Waals surface area (Å²) in [7, 11) is 0. The van der Waals surface area contributed by atoms with E-state index in [1.807, 2.05) is 20.8 Å². The highest BCUT2D eigenvalue weighted by Gasteiger charge is 2.26. The van der Waals surface area contributed by atoms with Crippen LogP contribution in [0.3, 0.4) is 0 Å². The molecule has 1 amide bonds. The van der Waals surface area contributed by atoms with Crippen LogP contribution in [0, 0.1) is 5.41 Å². The van der Waals surface area contributed by atoms with E-state index in [0.717, 1.165) is 6.42 Å². The van der Waals surface area contributed by atoms with Gasteiger partial charge in [-0.3, -0.25) is 0 Å². The lowest BCUT2D eigenvalue weighted by molar-refractivity contribution is 0.0461. The monoisotopic (exact) mass is 215 g/mol. The molecule has 0 unspecified atom stereocenters. The number of hydrogen-bond acceptors (Lipinski definition) is 2. The average Bonchev–Trinajstić information content (AvgIpc) is 1.94. The third-order valence-corrected chi connectivity index (χ3v) is 2.14. The Morgan fingerprint density at radius 3 is 1.93 bits per heavy atom. The van der Waals surface area contributed by atoms with Crippen LogP contribution in [0.25, 0.3) is 0 Å². The SMILES string of the molecule is CC[C@@H](NC(=O)OC(C)(C)C)C(C)(C)C. The lowest BCUT2D eigenvalue weighted by atomic mass is 9.85. The highest BCUT2D eigenvalue weighted by atomic mass is 16.6. The Bertz CT molecular complexity index is 211. The van der Waals surface area contributed by atoms with Crippen LogP contribution in [0.15, 0.2) is 0 Å².